The van der Waals surface area contributed by atoms with Gasteiger partial charge in [0.05, 0.1) is 12.1 Å². The highest BCUT2D eigenvalue weighted by atomic mass is 32.1. The maximum atomic E-state index is 12.3. The van der Waals surface area contributed by atoms with Crippen LogP contribution in [0.5, 0.6) is 0 Å². The van der Waals surface area contributed by atoms with Gasteiger partial charge in [-0.15, -0.1) is 0 Å². The molecule has 1 unspecified atom stereocenters. The number of esters is 1. The number of benzene rings is 1. The number of thiocarbonyl (C=S) groups is 1. The summed E-state index contributed by atoms with van der Waals surface area (Å²) in [6, 6.07) is 7.07. The van der Waals surface area contributed by atoms with Crippen LogP contribution in [0.2, 0.25) is 0 Å². The molecule has 0 aromatic heterocycles. The first-order valence-corrected chi connectivity index (χ1v) is 11.3. The van der Waals surface area contributed by atoms with Gasteiger partial charge in [-0.05, 0) is 37.0 Å². The summed E-state index contributed by atoms with van der Waals surface area (Å²) in [5, 5.41) is 3.33. The minimum Gasteiger partial charge on any atom is -0.467 e. The molecule has 0 amide bonds. The molecule has 172 valence electrons. The number of methoxy groups -OCH3 is 1. The molecule has 3 N–H and O–H groups in total. The number of nitrogens with one attached hydrogen (secondary N) is 1. The van der Waals surface area contributed by atoms with E-state index in [0.29, 0.717) is 12.1 Å². The van der Waals surface area contributed by atoms with E-state index in [1.165, 1.54) is 20.0 Å². The zero-order valence-corrected chi connectivity index (χ0v) is 20.6. The molecule has 5 nitrogen and oxygen atoms in total. The van der Waals surface area contributed by atoms with E-state index in [-0.39, 0.29) is 11.4 Å². The first kappa shape index (κ1) is 30.2. The molecule has 1 rings (SSSR count). The zero-order valence-electron chi connectivity index (χ0n) is 19.8. The first-order valence-electron chi connectivity index (χ1n) is 10.9. The van der Waals surface area contributed by atoms with Gasteiger partial charge in [0, 0.05) is 17.5 Å². The molecule has 6 heteroatoms. The van der Waals surface area contributed by atoms with Gasteiger partial charge in [0.2, 0.25) is 0 Å². The number of hydrogen-bond donors (Lipinski definition) is 2. The second-order valence-corrected chi connectivity index (χ2v) is 7.35. The van der Waals surface area contributed by atoms with Gasteiger partial charge in [0.1, 0.15) is 12.8 Å². The molecule has 0 bridgehead atoms. The lowest BCUT2D eigenvalue weighted by molar-refractivity contribution is -0.142. The maximum absolute atomic E-state index is 12.3. The molecule has 0 saturated carbocycles. The summed E-state index contributed by atoms with van der Waals surface area (Å²) < 4.78 is 5.00. The van der Waals surface area contributed by atoms with Gasteiger partial charge in [-0.2, -0.15) is 0 Å². The number of nitrogen functional groups attached to an aromatic ring is 1. The Labute approximate surface area is 189 Å². The molecule has 0 aliphatic carbocycles. The number of carbonyl (C=O) groups is 2. The fourth-order valence-corrected chi connectivity index (χ4v) is 3.82. The molecule has 0 radical (unpaired) electrons. The number of rotatable bonds is 11. The average molecular weight is 439 g/mol. The molecule has 1 aromatic carbocycles. The van der Waals surface area contributed by atoms with Crippen LogP contribution < -0.4 is 11.1 Å². The Kier molecular flexibility index (Phi) is 18.0. The second kappa shape index (κ2) is 17.9. The van der Waals surface area contributed by atoms with Crippen molar-refractivity contribution < 1.29 is 14.3 Å². The third-order valence-electron chi connectivity index (χ3n) is 5.30. The molecule has 0 aliphatic rings. The van der Waals surface area contributed by atoms with Crippen molar-refractivity contribution in [3.8, 4) is 0 Å². The molecule has 1 aromatic rings. The van der Waals surface area contributed by atoms with Crippen molar-refractivity contribution in [2.75, 3.05) is 12.8 Å². The van der Waals surface area contributed by atoms with E-state index >= 15 is 0 Å². The minimum absolute atomic E-state index is 0.0576. The summed E-state index contributed by atoms with van der Waals surface area (Å²) in [6.45, 7) is 12.6. The second-order valence-electron chi connectivity index (χ2n) is 6.94. The Morgan fingerprint density at radius 3 is 2.10 bits per heavy atom. The summed E-state index contributed by atoms with van der Waals surface area (Å²) in [6.07, 6.45) is 7.05. The minimum atomic E-state index is -0.486. The highest BCUT2D eigenvalue weighted by molar-refractivity contribution is 7.80. The van der Waals surface area contributed by atoms with Crippen LogP contribution in [0, 0.1) is 5.41 Å². The van der Waals surface area contributed by atoms with Gasteiger partial charge in [-0.1, -0.05) is 78.2 Å². The number of hydrogen-bond acceptors (Lipinski definition) is 5. The summed E-state index contributed by atoms with van der Waals surface area (Å²) in [7, 11) is 1.41. The van der Waals surface area contributed by atoms with Crippen LogP contribution >= 0.6 is 12.2 Å². The van der Waals surface area contributed by atoms with Gasteiger partial charge in [-0.3, -0.25) is 0 Å². The van der Waals surface area contributed by atoms with Crippen molar-refractivity contribution in [2.24, 2.45) is 5.41 Å². The maximum Gasteiger partial charge on any atom is 0.328 e. The molecule has 30 heavy (non-hydrogen) atoms. The van der Waals surface area contributed by atoms with E-state index in [2.05, 4.69) is 26.1 Å². The van der Waals surface area contributed by atoms with Crippen LogP contribution in [0.15, 0.2) is 24.3 Å². The van der Waals surface area contributed by atoms with E-state index in [1.54, 1.807) is 0 Å². The summed E-state index contributed by atoms with van der Waals surface area (Å²) in [5.74, 6) is -0.293. The van der Waals surface area contributed by atoms with Gasteiger partial charge in [-0.25, -0.2) is 4.79 Å². The largest absolute Gasteiger partial charge is 0.467 e. The van der Waals surface area contributed by atoms with E-state index in [1.807, 2.05) is 44.9 Å². The van der Waals surface area contributed by atoms with Gasteiger partial charge in [0.15, 0.2) is 0 Å². The Bertz CT molecular complexity index is 587. The van der Waals surface area contributed by atoms with E-state index < -0.39 is 6.04 Å². The quantitative estimate of drug-likeness (QED) is 0.205. The van der Waals surface area contributed by atoms with Crippen LogP contribution in [0.25, 0.3) is 0 Å². The van der Waals surface area contributed by atoms with Crippen molar-refractivity contribution in [1.82, 2.24) is 5.32 Å². The van der Waals surface area contributed by atoms with Crippen molar-refractivity contribution in [2.45, 2.75) is 85.6 Å². The Hall–Kier alpha value is -1.95. The van der Waals surface area contributed by atoms with Crippen LogP contribution in [-0.4, -0.2) is 30.9 Å². The van der Waals surface area contributed by atoms with E-state index in [0.717, 1.165) is 36.2 Å². The summed E-state index contributed by atoms with van der Waals surface area (Å²) in [4.78, 5) is 21.1. The van der Waals surface area contributed by atoms with Crippen molar-refractivity contribution in [3.05, 3.63) is 29.8 Å². The normalized spacial score (nSPS) is 11.1. The molecule has 1 atom stereocenters. The topological polar surface area (TPSA) is 81.4 Å². The number of anilines is 1. The van der Waals surface area contributed by atoms with Gasteiger partial charge >= 0.3 is 5.97 Å². The number of ether oxygens (including phenoxy) is 1. The van der Waals surface area contributed by atoms with Crippen LogP contribution in [0.3, 0.4) is 0 Å². The monoisotopic (exact) mass is 438 g/mol. The summed E-state index contributed by atoms with van der Waals surface area (Å²) in [5.41, 5.74) is 7.42. The average Bonchev–Trinajstić information content (AvgIpc) is 2.80. The lowest BCUT2D eigenvalue weighted by Crippen LogP contribution is -2.48. The fraction of sp³-hybridized carbons (Fsp3) is 0.625. The summed E-state index contributed by atoms with van der Waals surface area (Å²) >= 11 is 5.78. The highest BCUT2D eigenvalue weighted by Crippen LogP contribution is 2.34. The smallest absolute Gasteiger partial charge is 0.328 e. The van der Waals surface area contributed by atoms with Gasteiger partial charge in [0.25, 0.3) is 0 Å². The Balaban J connectivity index is 0. The van der Waals surface area contributed by atoms with Crippen LogP contribution in [0.4, 0.5) is 5.69 Å². The van der Waals surface area contributed by atoms with Crippen molar-refractivity contribution in [3.63, 3.8) is 0 Å². The zero-order chi connectivity index (χ0) is 23.6. The molecule has 0 heterocycles. The predicted octanol–water partition coefficient (Wildman–Crippen LogP) is 5.50. The highest BCUT2D eigenvalue weighted by Gasteiger charge is 2.33. The van der Waals surface area contributed by atoms with Crippen LogP contribution in [-0.2, 0) is 20.7 Å². The molecule has 0 fully saturated rings. The number of nitrogens with two attached hydrogens (primary N) is 1. The standard InChI is InChI=1S/C21H34N2O2S.C2H6.CH2O/c1-5-8-9-14-21(6-2,7-3)20(26)23-18(19(24)25-4)15-16-10-12-17(22)13-11-16;2*1-2/h10-13,18H,5-9,14-15,22H2,1-4H3,(H,23,26);1-2H3;1H2. The van der Waals surface area contributed by atoms with E-state index in [9.17, 15) is 4.79 Å². The molecular weight excluding hydrogens is 396 g/mol. The van der Waals surface area contributed by atoms with Gasteiger partial charge < -0.3 is 20.6 Å². The SMILES string of the molecule is C=O.CC.CCCCCC(CC)(CC)C(=S)NC(Cc1ccc(N)cc1)C(=O)OC. The van der Waals surface area contributed by atoms with Crippen LogP contribution in [0.1, 0.15) is 78.7 Å². The fourth-order valence-electron chi connectivity index (χ4n) is 3.29. The molecular formula is C24H42N2O3S. The molecule has 0 saturated heterocycles. The molecule has 0 aliphatic heterocycles. The third kappa shape index (κ3) is 10.2. The third-order valence-corrected chi connectivity index (χ3v) is 5.86. The lowest BCUT2D eigenvalue weighted by atomic mass is 9.77. The number of carbonyl (C=O) groups excluding carboxylic acids is 2. The first-order chi connectivity index (χ1) is 14.4. The Morgan fingerprint density at radius 1 is 1.13 bits per heavy atom. The lowest BCUT2D eigenvalue weighted by Gasteiger charge is -2.35. The Morgan fingerprint density at radius 2 is 1.67 bits per heavy atom. The van der Waals surface area contributed by atoms with E-state index in [4.69, 9.17) is 27.5 Å². The number of unbranched alkanes of at least 4 members (excludes halogenated alkanes) is 2. The predicted molar refractivity (Wildman–Crippen MR) is 132 cm³/mol. The van der Waals surface area contributed by atoms with Crippen molar-refractivity contribution in [1.29, 1.82) is 0 Å². The van der Waals surface area contributed by atoms with Crippen molar-refractivity contribution >= 4 is 35.7 Å². The molecule has 0 spiro atoms.